The molecule has 0 bridgehead atoms. The summed E-state index contributed by atoms with van der Waals surface area (Å²) >= 11 is 0. The molecule has 0 unspecified atom stereocenters. The first-order chi connectivity index (χ1) is 6.45. The van der Waals surface area contributed by atoms with E-state index in [1.807, 2.05) is 0 Å². The van der Waals surface area contributed by atoms with E-state index in [1.165, 1.54) is 6.92 Å². The van der Waals surface area contributed by atoms with Gasteiger partial charge in [-0.25, -0.2) is 0 Å². The van der Waals surface area contributed by atoms with Crippen molar-refractivity contribution in [3.63, 3.8) is 0 Å². The van der Waals surface area contributed by atoms with Crippen LogP contribution in [0.5, 0.6) is 5.75 Å². The normalized spacial score (nSPS) is 9.13. The van der Waals surface area contributed by atoms with E-state index >= 15 is 0 Å². The maximum atomic E-state index is 10.5. The first kappa shape index (κ1) is 13.8. The Morgan fingerprint density at radius 2 is 1.73 bits per heavy atom. The van der Waals surface area contributed by atoms with Gasteiger partial charge in [-0.15, -0.1) is 0 Å². The van der Waals surface area contributed by atoms with Crippen LogP contribution >= 0.6 is 0 Å². The van der Waals surface area contributed by atoms with E-state index in [4.69, 9.17) is 5.11 Å². The van der Waals surface area contributed by atoms with Crippen molar-refractivity contribution < 1.29 is 15.0 Å². The van der Waals surface area contributed by atoms with E-state index < -0.39 is 21.2 Å². The van der Waals surface area contributed by atoms with Crippen molar-refractivity contribution in [3.8, 4) is 5.75 Å². The molecule has 8 heteroatoms. The van der Waals surface area contributed by atoms with E-state index in [0.29, 0.717) is 0 Å². The predicted molar refractivity (Wildman–Crippen MR) is 51.9 cm³/mol. The molecule has 0 aliphatic rings. The third-order valence-corrected chi connectivity index (χ3v) is 1.76. The monoisotopic (exact) mass is 221 g/mol. The molecule has 7 nitrogen and oxygen atoms in total. The Kier molecular flexibility index (Phi) is 4.66. The largest absolute Gasteiger partial charge is 0.507 e. The molecular weight excluding hydrogens is 215 g/mol. The minimum Gasteiger partial charge on any atom is -0.507 e. The van der Waals surface area contributed by atoms with Gasteiger partial charge >= 0.3 is 11.4 Å². The zero-order valence-electron chi connectivity index (χ0n) is 8.13. The number of aromatic hydroxyl groups is 1. The summed E-state index contributed by atoms with van der Waals surface area (Å²) in [4.78, 5) is 19.2. The molecule has 0 atom stereocenters. The number of hydrogen-bond acceptors (Lipinski definition) is 5. The molecule has 0 saturated carbocycles. The van der Waals surface area contributed by atoms with E-state index in [9.17, 15) is 20.2 Å². The molecule has 0 heterocycles. The Bertz CT molecular complexity index is 420. The molecule has 0 saturated heterocycles. The summed E-state index contributed by atoms with van der Waals surface area (Å²) in [7, 11) is 0. The molecule has 1 N–H and O–H groups in total. The molecule has 0 aliphatic heterocycles. The number of phenols is 1. The van der Waals surface area contributed by atoms with Crippen LogP contribution < -0.4 is 0 Å². The fourth-order valence-corrected chi connectivity index (χ4v) is 1.05. The Morgan fingerprint density at radius 3 is 2.13 bits per heavy atom. The van der Waals surface area contributed by atoms with Crippen LogP contribution in [0.4, 0.5) is 11.4 Å². The van der Waals surface area contributed by atoms with Crippen molar-refractivity contribution in [3.05, 3.63) is 37.9 Å². The summed E-state index contributed by atoms with van der Waals surface area (Å²) in [5.41, 5.74) is -1.40. The second kappa shape index (κ2) is 5.06. The average Bonchev–Trinajstić information content (AvgIpc) is 2.08. The third kappa shape index (κ3) is 2.65. The number of nitrogens with zero attached hydrogens (tertiary/aromatic N) is 2. The van der Waals surface area contributed by atoms with Crippen LogP contribution in [-0.2, 0) is 0 Å². The minimum atomic E-state index is -0.882. The van der Waals surface area contributed by atoms with Gasteiger partial charge in [0.25, 0.3) is 0 Å². The molecule has 0 spiro atoms. The predicted octanol–water partition coefficient (Wildman–Crippen LogP) is 1.14. The maximum absolute atomic E-state index is 10.5. The number of phenolic OH excluding ortho intramolecular Hbond substituents is 1. The summed E-state index contributed by atoms with van der Waals surface area (Å²) in [5, 5.41) is 30.0. The van der Waals surface area contributed by atoms with Gasteiger partial charge in [0.05, 0.1) is 15.4 Å². The van der Waals surface area contributed by atoms with Crippen LogP contribution in [0.2, 0.25) is 0 Å². The van der Waals surface area contributed by atoms with Gasteiger partial charge in [-0.1, -0.05) is 0 Å². The van der Waals surface area contributed by atoms with Crippen LogP contribution in [0.15, 0.2) is 12.1 Å². The number of hydrogen-bond donors (Lipinski definition) is 1. The van der Waals surface area contributed by atoms with Crippen LogP contribution in [0, 0.1) is 27.2 Å². The Hall–Kier alpha value is -1.18. The van der Waals surface area contributed by atoms with E-state index in [-0.39, 0.29) is 40.9 Å². The topological polar surface area (TPSA) is 107 Å². The summed E-state index contributed by atoms with van der Waals surface area (Å²) in [6.07, 6.45) is 0. The Labute approximate surface area is 106 Å². The summed E-state index contributed by atoms with van der Waals surface area (Å²) in [5.74, 6) is -0.331. The Balaban J connectivity index is 0.00000196. The van der Waals surface area contributed by atoms with Crippen molar-refractivity contribution in [2.24, 2.45) is 0 Å². The molecule has 1 radical (unpaired) electrons. The summed E-state index contributed by atoms with van der Waals surface area (Å²) < 4.78 is 0. The van der Waals surface area contributed by atoms with Crippen LogP contribution in [0.25, 0.3) is 0 Å². The van der Waals surface area contributed by atoms with Gasteiger partial charge in [-0.3, -0.25) is 20.2 Å². The quantitative estimate of drug-likeness (QED) is 0.457. The molecule has 1 aromatic rings. The molecule has 15 heavy (non-hydrogen) atoms. The van der Waals surface area contributed by atoms with Gasteiger partial charge in [0.15, 0.2) is 0 Å². The fraction of sp³-hybridized carbons (Fsp3) is 0.143. The molecule has 0 amide bonds. The summed E-state index contributed by atoms with van der Waals surface area (Å²) in [6.45, 7) is 1.25. The van der Waals surface area contributed by atoms with E-state index in [1.54, 1.807) is 0 Å². The Morgan fingerprint density at radius 1 is 1.20 bits per heavy atom. The van der Waals surface area contributed by atoms with Crippen molar-refractivity contribution in [1.29, 1.82) is 0 Å². The first-order valence-electron chi connectivity index (χ1n) is 3.56. The van der Waals surface area contributed by atoms with Crippen LogP contribution in [-0.4, -0.2) is 44.5 Å². The molecule has 0 aliphatic carbocycles. The fourth-order valence-electron chi connectivity index (χ4n) is 1.05. The molecule has 1 rings (SSSR count). The first-order valence-corrected chi connectivity index (χ1v) is 3.56. The maximum Gasteiger partial charge on any atom is 0.352 e. The standard InChI is InChI=1S/C7H6N2O5.Na/c1-4-6(10)3-2-5(8(11)12)7(4)9(13)14;/h2-3,10H,1H3;. The molecule has 0 fully saturated rings. The van der Waals surface area contributed by atoms with Gasteiger partial charge < -0.3 is 5.11 Å². The second-order valence-electron chi connectivity index (χ2n) is 2.59. The second-order valence-corrected chi connectivity index (χ2v) is 2.59. The van der Waals surface area contributed by atoms with E-state index in [2.05, 4.69) is 0 Å². The zero-order chi connectivity index (χ0) is 10.9. The van der Waals surface area contributed by atoms with Gasteiger partial charge in [0.2, 0.25) is 0 Å². The molecule has 1 aromatic carbocycles. The van der Waals surface area contributed by atoms with Crippen molar-refractivity contribution in [2.45, 2.75) is 6.92 Å². The van der Waals surface area contributed by atoms with Crippen molar-refractivity contribution in [1.82, 2.24) is 0 Å². The number of rotatable bonds is 2. The minimum absolute atomic E-state index is 0. The number of benzene rings is 1. The molecular formula is C7H6N2NaO5. The average molecular weight is 221 g/mol. The van der Waals surface area contributed by atoms with E-state index in [0.717, 1.165) is 12.1 Å². The van der Waals surface area contributed by atoms with Gasteiger partial charge in [-0.05, 0) is 13.0 Å². The van der Waals surface area contributed by atoms with Crippen LogP contribution in [0.1, 0.15) is 5.56 Å². The van der Waals surface area contributed by atoms with Gasteiger partial charge in [-0.2, -0.15) is 0 Å². The smallest absolute Gasteiger partial charge is 0.352 e. The third-order valence-electron chi connectivity index (χ3n) is 1.76. The number of nitro benzene ring substituents is 2. The van der Waals surface area contributed by atoms with Crippen molar-refractivity contribution in [2.75, 3.05) is 0 Å². The van der Waals surface area contributed by atoms with Gasteiger partial charge in [0.1, 0.15) is 5.75 Å². The van der Waals surface area contributed by atoms with Gasteiger partial charge in [0, 0.05) is 35.6 Å². The number of nitro groups is 2. The molecule has 0 aromatic heterocycles. The summed E-state index contributed by atoms with van der Waals surface area (Å²) in [6, 6.07) is 1.96. The van der Waals surface area contributed by atoms with Crippen molar-refractivity contribution >= 4 is 40.9 Å². The molecule has 75 valence electrons. The van der Waals surface area contributed by atoms with Crippen LogP contribution in [0.3, 0.4) is 0 Å². The SMILES string of the molecule is Cc1c(O)ccc([N+](=O)[O-])c1[N+](=O)[O-].[Na]. The zero-order valence-corrected chi connectivity index (χ0v) is 10.1.